The number of hydrogen-bond acceptors (Lipinski definition) is 5. The summed E-state index contributed by atoms with van der Waals surface area (Å²) in [6, 6.07) is 7.25. The molecule has 0 spiro atoms. The van der Waals surface area contributed by atoms with E-state index in [0.29, 0.717) is 24.4 Å². The normalized spacial score (nSPS) is 17.0. The van der Waals surface area contributed by atoms with Crippen molar-refractivity contribution >= 4 is 17.1 Å². The molecule has 1 aromatic carbocycles. The molecule has 4 rings (SSSR count). The Morgan fingerprint density at radius 3 is 2.93 bits per heavy atom. The Labute approximate surface area is 157 Å². The van der Waals surface area contributed by atoms with Crippen molar-refractivity contribution in [3.05, 3.63) is 60.6 Å². The van der Waals surface area contributed by atoms with Crippen molar-refractivity contribution in [2.45, 2.75) is 18.8 Å². The highest BCUT2D eigenvalue weighted by Crippen LogP contribution is 2.29. The number of piperidine rings is 1. The molecule has 138 valence electrons. The number of H-pyrrole nitrogens is 1. The number of ether oxygens (including phenoxy) is 1. The van der Waals surface area contributed by atoms with E-state index in [-0.39, 0.29) is 11.8 Å². The van der Waals surface area contributed by atoms with Gasteiger partial charge in [-0.2, -0.15) is 5.10 Å². The van der Waals surface area contributed by atoms with Gasteiger partial charge < -0.3 is 9.64 Å². The van der Waals surface area contributed by atoms with Gasteiger partial charge in [0.25, 0.3) is 5.91 Å². The maximum atomic E-state index is 12.9. The Balaban J connectivity index is 1.49. The fraction of sp³-hybridized carbons (Fsp3) is 0.300. The molecule has 1 N–H and O–H groups in total. The van der Waals surface area contributed by atoms with Gasteiger partial charge in [0.05, 0.1) is 5.69 Å². The van der Waals surface area contributed by atoms with Crippen LogP contribution in [0.15, 0.2) is 49.3 Å². The van der Waals surface area contributed by atoms with E-state index < -0.39 is 0 Å². The van der Waals surface area contributed by atoms with Crippen LogP contribution in [0, 0.1) is 0 Å². The van der Waals surface area contributed by atoms with E-state index in [0.717, 1.165) is 36.3 Å². The number of nitrogens with one attached hydrogen (secondary N) is 1. The summed E-state index contributed by atoms with van der Waals surface area (Å²) in [4.78, 5) is 23.4. The number of fused-ring (bicyclic) bond motifs is 1. The zero-order valence-corrected chi connectivity index (χ0v) is 15.0. The van der Waals surface area contributed by atoms with E-state index in [1.54, 1.807) is 30.6 Å². The van der Waals surface area contributed by atoms with Crippen molar-refractivity contribution in [3.63, 3.8) is 0 Å². The summed E-state index contributed by atoms with van der Waals surface area (Å²) < 4.78 is 5.48. The number of aromatic amines is 1. The molecule has 1 fully saturated rings. The van der Waals surface area contributed by atoms with Gasteiger partial charge in [0.15, 0.2) is 5.65 Å². The van der Waals surface area contributed by atoms with E-state index in [4.69, 9.17) is 4.74 Å². The van der Waals surface area contributed by atoms with Crippen molar-refractivity contribution in [1.82, 2.24) is 25.1 Å². The van der Waals surface area contributed by atoms with Crippen molar-refractivity contribution in [3.8, 4) is 5.75 Å². The van der Waals surface area contributed by atoms with E-state index in [2.05, 4.69) is 26.7 Å². The van der Waals surface area contributed by atoms with Gasteiger partial charge in [-0.25, -0.2) is 9.97 Å². The molecule has 3 heterocycles. The number of amides is 1. The maximum absolute atomic E-state index is 12.9. The van der Waals surface area contributed by atoms with Gasteiger partial charge in [0.1, 0.15) is 17.9 Å². The second-order valence-corrected chi connectivity index (χ2v) is 6.58. The lowest BCUT2D eigenvalue weighted by atomic mass is 9.94. The minimum absolute atomic E-state index is 0.0323. The molecule has 27 heavy (non-hydrogen) atoms. The molecule has 1 aliphatic heterocycles. The zero-order valence-electron chi connectivity index (χ0n) is 15.0. The SMILES string of the molecule is C=CCOc1ccc(C(=O)N2CCC[C@@H](c3[nH]nc4nccnc34)C2)cc1. The highest BCUT2D eigenvalue weighted by molar-refractivity contribution is 5.94. The molecule has 1 aliphatic rings. The van der Waals surface area contributed by atoms with Crippen molar-refractivity contribution < 1.29 is 9.53 Å². The number of nitrogens with zero attached hydrogens (tertiary/aromatic N) is 4. The van der Waals surface area contributed by atoms with Gasteiger partial charge in [0.2, 0.25) is 0 Å². The van der Waals surface area contributed by atoms with E-state index in [1.807, 2.05) is 17.0 Å². The molecule has 7 nitrogen and oxygen atoms in total. The minimum atomic E-state index is 0.0323. The second-order valence-electron chi connectivity index (χ2n) is 6.58. The van der Waals surface area contributed by atoms with Gasteiger partial charge in [-0.05, 0) is 37.1 Å². The summed E-state index contributed by atoms with van der Waals surface area (Å²) in [5.41, 5.74) is 3.03. The Hall–Kier alpha value is -3.22. The summed E-state index contributed by atoms with van der Waals surface area (Å²) in [6.45, 7) is 5.47. The largest absolute Gasteiger partial charge is 0.490 e. The molecule has 7 heteroatoms. The third kappa shape index (κ3) is 3.53. The first-order valence-electron chi connectivity index (χ1n) is 9.04. The third-order valence-electron chi connectivity index (χ3n) is 4.80. The minimum Gasteiger partial charge on any atom is -0.490 e. The van der Waals surface area contributed by atoms with Crippen LogP contribution in [0.1, 0.15) is 34.8 Å². The highest BCUT2D eigenvalue weighted by Gasteiger charge is 2.28. The van der Waals surface area contributed by atoms with E-state index in [1.165, 1.54) is 0 Å². The van der Waals surface area contributed by atoms with Crippen LogP contribution in [-0.2, 0) is 0 Å². The molecule has 0 radical (unpaired) electrons. The first kappa shape index (κ1) is 17.2. The Kier molecular flexibility index (Phi) is 4.82. The Morgan fingerprint density at radius 2 is 2.11 bits per heavy atom. The summed E-state index contributed by atoms with van der Waals surface area (Å²) in [6.07, 6.45) is 6.93. The molecule has 1 saturated heterocycles. The average Bonchev–Trinajstić information content (AvgIpc) is 3.16. The van der Waals surface area contributed by atoms with Crippen LogP contribution in [0.3, 0.4) is 0 Å². The van der Waals surface area contributed by atoms with E-state index >= 15 is 0 Å². The number of benzene rings is 1. The standard InChI is InChI=1S/C20H21N5O2/c1-2-12-27-16-7-5-14(6-8-16)20(26)25-11-3-4-15(13-25)17-18-19(24-23-17)22-10-9-21-18/h2,5-10,15H,1,3-4,11-13H2,(H,22,23,24)/t15-/m1/s1. The monoisotopic (exact) mass is 363 g/mol. The Morgan fingerprint density at radius 1 is 1.30 bits per heavy atom. The van der Waals surface area contributed by atoms with Crippen molar-refractivity contribution in [2.75, 3.05) is 19.7 Å². The zero-order chi connectivity index (χ0) is 18.6. The quantitative estimate of drug-likeness (QED) is 0.705. The molecule has 2 aromatic heterocycles. The number of rotatable bonds is 5. The predicted molar refractivity (Wildman–Crippen MR) is 102 cm³/mol. The predicted octanol–water partition coefficient (Wildman–Crippen LogP) is 2.94. The summed E-state index contributed by atoms with van der Waals surface area (Å²) in [7, 11) is 0. The van der Waals surface area contributed by atoms with Gasteiger partial charge >= 0.3 is 0 Å². The molecule has 0 aliphatic carbocycles. The molecular formula is C20H21N5O2. The number of hydrogen-bond donors (Lipinski definition) is 1. The lowest BCUT2D eigenvalue weighted by Gasteiger charge is -2.32. The van der Waals surface area contributed by atoms with Crippen LogP contribution in [0.2, 0.25) is 0 Å². The molecule has 0 unspecified atom stereocenters. The van der Waals surface area contributed by atoms with Crippen molar-refractivity contribution in [1.29, 1.82) is 0 Å². The first-order chi connectivity index (χ1) is 13.3. The molecule has 0 saturated carbocycles. The molecule has 0 bridgehead atoms. The van der Waals surface area contributed by atoms with Crippen LogP contribution in [0.5, 0.6) is 5.75 Å². The fourth-order valence-corrected chi connectivity index (χ4v) is 3.48. The number of likely N-dealkylation sites (tertiary alicyclic amines) is 1. The first-order valence-corrected chi connectivity index (χ1v) is 9.04. The molecule has 3 aromatic rings. The third-order valence-corrected chi connectivity index (χ3v) is 4.80. The van der Waals surface area contributed by atoms with Gasteiger partial charge in [-0.15, -0.1) is 0 Å². The van der Waals surface area contributed by atoms with Gasteiger partial charge in [0, 0.05) is 37.0 Å². The highest BCUT2D eigenvalue weighted by atomic mass is 16.5. The Bertz CT molecular complexity index is 950. The van der Waals surface area contributed by atoms with E-state index in [9.17, 15) is 4.79 Å². The topological polar surface area (TPSA) is 84.0 Å². The number of carbonyl (C=O) groups is 1. The lowest BCUT2D eigenvalue weighted by Crippen LogP contribution is -2.39. The summed E-state index contributed by atoms with van der Waals surface area (Å²) in [5.74, 6) is 0.940. The fourth-order valence-electron chi connectivity index (χ4n) is 3.48. The maximum Gasteiger partial charge on any atom is 0.253 e. The number of carbonyl (C=O) groups excluding carboxylic acids is 1. The van der Waals surface area contributed by atoms with Gasteiger partial charge in [-0.3, -0.25) is 9.89 Å². The molecule has 1 amide bonds. The number of aromatic nitrogens is 4. The van der Waals surface area contributed by atoms with Crippen molar-refractivity contribution in [2.24, 2.45) is 0 Å². The molecular weight excluding hydrogens is 342 g/mol. The van der Waals surface area contributed by atoms with Crippen LogP contribution in [0.25, 0.3) is 11.2 Å². The molecule has 1 atom stereocenters. The second kappa shape index (κ2) is 7.57. The van der Waals surface area contributed by atoms with Gasteiger partial charge in [-0.1, -0.05) is 12.7 Å². The van der Waals surface area contributed by atoms with Crippen LogP contribution >= 0.6 is 0 Å². The lowest BCUT2D eigenvalue weighted by molar-refractivity contribution is 0.0706. The van der Waals surface area contributed by atoms with Crippen LogP contribution in [0.4, 0.5) is 0 Å². The smallest absolute Gasteiger partial charge is 0.253 e. The van der Waals surface area contributed by atoms with Crippen LogP contribution < -0.4 is 4.74 Å². The summed E-state index contributed by atoms with van der Waals surface area (Å²) >= 11 is 0. The van der Waals surface area contributed by atoms with Crippen LogP contribution in [-0.4, -0.2) is 50.7 Å². The average molecular weight is 363 g/mol. The summed E-state index contributed by atoms with van der Waals surface area (Å²) in [5, 5.41) is 7.31.